The van der Waals surface area contributed by atoms with Crippen molar-refractivity contribution in [3.63, 3.8) is 0 Å². The van der Waals surface area contributed by atoms with Gasteiger partial charge in [0.05, 0.1) is 15.9 Å². The Bertz CT molecular complexity index is 744. The van der Waals surface area contributed by atoms with Gasteiger partial charge in [0, 0.05) is 12.6 Å². The number of ether oxygens (including phenoxy) is 1. The largest absolute Gasteiger partial charge is 0.480 e. The maximum Gasteiger partial charge on any atom is 0.408 e. The summed E-state index contributed by atoms with van der Waals surface area (Å²) >= 11 is 0. The first-order valence-corrected chi connectivity index (χ1v) is 7.79. The number of hydrogen-bond donors (Lipinski definition) is 3. The quantitative estimate of drug-likeness (QED) is 0.448. The second-order valence-electron chi connectivity index (χ2n) is 6.47. The summed E-state index contributed by atoms with van der Waals surface area (Å²) in [7, 11) is 0. The number of anilines is 1. The number of nitrogens with zero attached hydrogens (tertiary/aromatic N) is 2. The van der Waals surface area contributed by atoms with Crippen molar-refractivity contribution in [3.05, 3.63) is 38.4 Å². The molecule has 1 unspecified atom stereocenters. The Morgan fingerprint density at radius 1 is 1.22 bits per heavy atom. The first-order chi connectivity index (χ1) is 12.4. The Labute approximate surface area is 153 Å². The molecule has 1 rings (SSSR count). The van der Waals surface area contributed by atoms with Gasteiger partial charge in [-0.25, -0.2) is 9.59 Å². The van der Waals surface area contributed by atoms with Crippen molar-refractivity contribution in [3.8, 4) is 0 Å². The number of alkyl carbamates (subject to hydrolysis) is 1. The van der Waals surface area contributed by atoms with Gasteiger partial charge in [0.25, 0.3) is 11.4 Å². The van der Waals surface area contributed by atoms with Crippen LogP contribution in [0.4, 0.5) is 21.9 Å². The average Bonchev–Trinajstić information content (AvgIpc) is 2.51. The molecule has 0 saturated carbocycles. The van der Waals surface area contributed by atoms with Crippen molar-refractivity contribution in [1.29, 1.82) is 0 Å². The summed E-state index contributed by atoms with van der Waals surface area (Å²) in [5, 5.41) is 35.8. The summed E-state index contributed by atoms with van der Waals surface area (Å²) in [6, 6.07) is 1.76. The molecule has 148 valence electrons. The molecule has 27 heavy (non-hydrogen) atoms. The number of hydrogen-bond acceptors (Lipinski definition) is 8. The van der Waals surface area contributed by atoms with Gasteiger partial charge in [0.2, 0.25) is 0 Å². The highest BCUT2D eigenvalue weighted by Crippen LogP contribution is 2.28. The second kappa shape index (κ2) is 8.78. The summed E-state index contributed by atoms with van der Waals surface area (Å²) in [6.07, 6.45) is -1.01. The first kappa shape index (κ1) is 21.6. The minimum Gasteiger partial charge on any atom is -0.480 e. The summed E-state index contributed by atoms with van der Waals surface area (Å²) in [6.45, 7) is 4.82. The smallest absolute Gasteiger partial charge is 0.408 e. The van der Waals surface area contributed by atoms with Gasteiger partial charge < -0.3 is 20.5 Å². The zero-order chi connectivity index (χ0) is 20.8. The van der Waals surface area contributed by atoms with Crippen LogP contribution in [0.2, 0.25) is 0 Å². The van der Waals surface area contributed by atoms with E-state index in [1.165, 1.54) is 0 Å². The number of carbonyl (C=O) groups excluding carboxylic acids is 1. The Morgan fingerprint density at radius 3 is 2.33 bits per heavy atom. The summed E-state index contributed by atoms with van der Waals surface area (Å²) in [4.78, 5) is 43.2. The fraction of sp³-hybridized carbons (Fsp3) is 0.467. The van der Waals surface area contributed by atoms with Crippen LogP contribution < -0.4 is 10.6 Å². The van der Waals surface area contributed by atoms with E-state index in [0.29, 0.717) is 0 Å². The Kier molecular flexibility index (Phi) is 7.02. The van der Waals surface area contributed by atoms with Crippen LogP contribution in [0.1, 0.15) is 27.2 Å². The molecule has 1 amide bonds. The SMILES string of the molecule is CC(C)(C)OC(=O)NC(CCNc1ccc([N+](=O)[O-])cc1[N+](=O)[O-])C(=O)O. The van der Waals surface area contributed by atoms with E-state index in [9.17, 15) is 34.9 Å². The predicted octanol–water partition coefficient (Wildman–Crippen LogP) is 2.28. The third-order valence-corrected chi connectivity index (χ3v) is 3.13. The fourth-order valence-corrected chi connectivity index (χ4v) is 1.99. The van der Waals surface area contributed by atoms with Crippen LogP contribution in [-0.4, -0.2) is 45.2 Å². The maximum absolute atomic E-state index is 11.7. The van der Waals surface area contributed by atoms with Crippen molar-refractivity contribution in [1.82, 2.24) is 5.32 Å². The lowest BCUT2D eigenvalue weighted by Crippen LogP contribution is -2.44. The maximum atomic E-state index is 11.7. The molecule has 12 nitrogen and oxygen atoms in total. The summed E-state index contributed by atoms with van der Waals surface area (Å²) in [5.41, 5.74) is -1.77. The number of carboxylic acids is 1. The molecule has 1 aromatic carbocycles. The standard InChI is InChI=1S/C15H20N4O8/c1-15(2,3)27-14(22)17-11(13(20)21)6-7-16-10-5-4-9(18(23)24)8-12(10)19(25)26/h4-5,8,11,16H,6-7H2,1-3H3,(H,17,22)(H,20,21). The topological polar surface area (TPSA) is 174 Å². The van der Waals surface area contributed by atoms with Gasteiger partial charge in [-0.05, 0) is 33.3 Å². The third kappa shape index (κ3) is 7.13. The molecule has 0 bridgehead atoms. The molecule has 0 spiro atoms. The van der Waals surface area contributed by atoms with Gasteiger partial charge in [-0.15, -0.1) is 0 Å². The van der Waals surface area contributed by atoms with E-state index in [1.807, 2.05) is 0 Å². The van der Waals surface area contributed by atoms with Crippen LogP contribution in [0.15, 0.2) is 18.2 Å². The van der Waals surface area contributed by atoms with Gasteiger partial charge in [-0.1, -0.05) is 0 Å². The number of aliphatic carboxylic acids is 1. The van der Waals surface area contributed by atoms with E-state index in [4.69, 9.17) is 4.74 Å². The van der Waals surface area contributed by atoms with Crippen molar-refractivity contribution < 1.29 is 29.3 Å². The Balaban J connectivity index is 2.76. The molecular formula is C15H20N4O8. The van der Waals surface area contributed by atoms with Crippen LogP contribution in [0.25, 0.3) is 0 Å². The summed E-state index contributed by atoms with van der Waals surface area (Å²) < 4.78 is 4.98. The van der Waals surface area contributed by atoms with E-state index in [2.05, 4.69) is 10.6 Å². The molecule has 3 N–H and O–H groups in total. The highest BCUT2D eigenvalue weighted by atomic mass is 16.6. The van der Waals surface area contributed by atoms with Crippen LogP contribution in [0.3, 0.4) is 0 Å². The zero-order valence-corrected chi connectivity index (χ0v) is 14.9. The Morgan fingerprint density at radius 2 is 1.85 bits per heavy atom. The van der Waals surface area contributed by atoms with E-state index in [0.717, 1.165) is 18.2 Å². The number of carbonyl (C=O) groups is 2. The molecule has 1 aromatic rings. The number of nitro benzene ring substituents is 2. The lowest BCUT2D eigenvalue weighted by atomic mass is 10.2. The number of nitro groups is 2. The molecule has 0 aliphatic rings. The number of carboxylic acid groups (broad SMARTS) is 1. The minimum atomic E-state index is -1.30. The van der Waals surface area contributed by atoms with Crippen molar-refractivity contribution >= 4 is 29.1 Å². The molecule has 0 aromatic heterocycles. The zero-order valence-electron chi connectivity index (χ0n) is 14.9. The van der Waals surface area contributed by atoms with Gasteiger partial charge in [0.1, 0.15) is 17.3 Å². The molecular weight excluding hydrogens is 364 g/mol. The summed E-state index contributed by atoms with van der Waals surface area (Å²) in [5.74, 6) is -1.30. The van der Waals surface area contributed by atoms with E-state index in [1.54, 1.807) is 20.8 Å². The van der Waals surface area contributed by atoms with Crippen molar-refractivity contribution in [2.24, 2.45) is 0 Å². The van der Waals surface area contributed by atoms with Crippen LogP contribution >= 0.6 is 0 Å². The Hall–Kier alpha value is -3.44. The number of nitrogens with one attached hydrogen (secondary N) is 2. The number of rotatable bonds is 8. The molecule has 0 aliphatic heterocycles. The van der Waals surface area contributed by atoms with Gasteiger partial charge in [-0.3, -0.25) is 20.2 Å². The predicted molar refractivity (Wildman–Crippen MR) is 93.7 cm³/mol. The van der Waals surface area contributed by atoms with Crippen LogP contribution in [0.5, 0.6) is 0 Å². The first-order valence-electron chi connectivity index (χ1n) is 7.79. The third-order valence-electron chi connectivity index (χ3n) is 3.13. The molecule has 1 atom stereocenters. The highest BCUT2D eigenvalue weighted by molar-refractivity contribution is 5.80. The number of amides is 1. The highest BCUT2D eigenvalue weighted by Gasteiger charge is 2.24. The van der Waals surface area contributed by atoms with Crippen LogP contribution in [0, 0.1) is 20.2 Å². The molecule has 0 fully saturated rings. The fourth-order valence-electron chi connectivity index (χ4n) is 1.99. The normalized spacial score (nSPS) is 12.0. The second-order valence-corrected chi connectivity index (χ2v) is 6.47. The monoisotopic (exact) mass is 384 g/mol. The van der Waals surface area contributed by atoms with Gasteiger partial charge in [-0.2, -0.15) is 0 Å². The molecule has 0 saturated heterocycles. The molecule has 12 heteroatoms. The van der Waals surface area contributed by atoms with E-state index >= 15 is 0 Å². The lowest BCUT2D eigenvalue weighted by molar-refractivity contribution is -0.393. The van der Waals surface area contributed by atoms with E-state index < -0.39 is 44.9 Å². The van der Waals surface area contributed by atoms with Crippen molar-refractivity contribution in [2.75, 3.05) is 11.9 Å². The minimum absolute atomic E-state index is 0.00740. The van der Waals surface area contributed by atoms with Crippen molar-refractivity contribution in [2.45, 2.75) is 38.8 Å². The van der Waals surface area contributed by atoms with Crippen LogP contribution in [-0.2, 0) is 9.53 Å². The average molecular weight is 384 g/mol. The molecule has 0 radical (unpaired) electrons. The van der Waals surface area contributed by atoms with Gasteiger partial charge in [0.15, 0.2) is 0 Å². The lowest BCUT2D eigenvalue weighted by Gasteiger charge is -2.22. The molecule has 0 aliphatic carbocycles. The number of benzene rings is 1. The molecule has 0 heterocycles. The van der Waals surface area contributed by atoms with E-state index in [-0.39, 0.29) is 18.7 Å². The number of non-ortho nitro benzene ring substituents is 1. The van der Waals surface area contributed by atoms with Gasteiger partial charge >= 0.3 is 12.1 Å².